The Morgan fingerprint density at radius 2 is 2.06 bits per heavy atom. The van der Waals surface area contributed by atoms with Gasteiger partial charge in [0.05, 0.1) is 5.69 Å². The predicted octanol–water partition coefficient (Wildman–Crippen LogP) is 1.44. The van der Waals surface area contributed by atoms with Crippen LogP contribution < -0.4 is 11.3 Å². The van der Waals surface area contributed by atoms with Gasteiger partial charge in [-0.2, -0.15) is 0 Å². The molecule has 82 valence electrons. The van der Waals surface area contributed by atoms with Gasteiger partial charge in [0.25, 0.3) is 5.56 Å². The van der Waals surface area contributed by atoms with Crippen molar-refractivity contribution in [1.29, 1.82) is 0 Å². The molecule has 0 fully saturated rings. The van der Waals surface area contributed by atoms with E-state index < -0.39 is 0 Å². The first-order valence-electron chi connectivity index (χ1n) is 4.89. The fraction of sp³-hybridized carbons (Fsp3) is 0.0833. The Kier molecular flexibility index (Phi) is 2.83. The summed E-state index contributed by atoms with van der Waals surface area (Å²) in [6.07, 6.45) is 1.59. The van der Waals surface area contributed by atoms with Gasteiger partial charge in [0.15, 0.2) is 0 Å². The summed E-state index contributed by atoms with van der Waals surface area (Å²) in [5.41, 5.74) is 6.23. The highest BCUT2D eigenvalue weighted by molar-refractivity contribution is 5.33. The number of hydrogen-bond acceptors (Lipinski definition) is 2. The average Bonchev–Trinajstić information content (AvgIpc) is 2.29. The molecule has 4 heteroatoms. The second kappa shape index (κ2) is 4.28. The third-order valence-corrected chi connectivity index (χ3v) is 2.33. The van der Waals surface area contributed by atoms with Gasteiger partial charge in [-0.3, -0.25) is 9.36 Å². The van der Waals surface area contributed by atoms with Crippen molar-refractivity contribution in [2.45, 2.75) is 6.54 Å². The smallest absolute Gasteiger partial charge is 0.259 e. The number of pyridine rings is 1. The molecule has 0 aliphatic heterocycles. The molecular formula is C12H11FN2O. The molecule has 3 nitrogen and oxygen atoms in total. The second-order valence-electron chi connectivity index (χ2n) is 3.39. The summed E-state index contributed by atoms with van der Waals surface area (Å²) in [5.74, 6) is -0.373. The van der Waals surface area contributed by atoms with Gasteiger partial charge in [-0.25, -0.2) is 4.39 Å². The number of hydrogen-bond donors (Lipinski definition) is 1. The van der Waals surface area contributed by atoms with E-state index in [1.807, 2.05) is 0 Å². The summed E-state index contributed by atoms with van der Waals surface area (Å²) in [4.78, 5) is 11.9. The van der Waals surface area contributed by atoms with E-state index in [1.165, 1.54) is 16.7 Å². The van der Waals surface area contributed by atoms with Crippen LogP contribution in [-0.4, -0.2) is 4.57 Å². The fourth-order valence-electron chi connectivity index (χ4n) is 1.52. The minimum atomic E-state index is -0.373. The molecule has 0 aliphatic carbocycles. The number of nitrogens with zero attached hydrogens (tertiary/aromatic N) is 1. The molecule has 2 aromatic rings. The zero-order chi connectivity index (χ0) is 11.5. The minimum Gasteiger partial charge on any atom is -0.326 e. The fourth-order valence-corrected chi connectivity index (χ4v) is 1.52. The predicted molar refractivity (Wildman–Crippen MR) is 59.9 cm³/mol. The molecule has 0 saturated carbocycles. The molecule has 0 aliphatic rings. The van der Waals surface area contributed by atoms with Crippen molar-refractivity contribution in [2.75, 3.05) is 0 Å². The Morgan fingerprint density at radius 1 is 1.25 bits per heavy atom. The number of benzene rings is 1. The highest BCUT2D eigenvalue weighted by atomic mass is 19.1. The summed E-state index contributed by atoms with van der Waals surface area (Å²) in [5, 5.41) is 0. The Balaban J connectivity index is 2.61. The summed E-state index contributed by atoms with van der Waals surface area (Å²) in [6.45, 7) is 0.176. The monoisotopic (exact) mass is 218 g/mol. The number of halogens is 1. The Labute approximate surface area is 92.0 Å². The van der Waals surface area contributed by atoms with E-state index in [-0.39, 0.29) is 17.9 Å². The van der Waals surface area contributed by atoms with Crippen LogP contribution in [0.5, 0.6) is 0 Å². The van der Waals surface area contributed by atoms with Gasteiger partial charge in [-0.1, -0.05) is 12.1 Å². The van der Waals surface area contributed by atoms with Crippen LogP contribution >= 0.6 is 0 Å². The first-order valence-corrected chi connectivity index (χ1v) is 4.89. The summed E-state index contributed by atoms with van der Waals surface area (Å²) >= 11 is 0. The van der Waals surface area contributed by atoms with E-state index >= 15 is 0 Å². The molecule has 1 heterocycles. The van der Waals surface area contributed by atoms with Gasteiger partial charge in [0.1, 0.15) is 5.82 Å². The van der Waals surface area contributed by atoms with Crippen molar-refractivity contribution in [2.24, 2.45) is 5.73 Å². The molecule has 0 unspecified atom stereocenters. The lowest BCUT2D eigenvalue weighted by Gasteiger charge is -2.06. The second-order valence-corrected chi connectivity index (χ2v) is 3.39. The van der Waals surface area contributed by atoms with Gasteiger partial charge in [-0.05, 0) is 24.3 Å². The van der Waals surface area contributed by atoms with Crippen LogP contribution in [-0.2, 0) is 6.54 Å². The molecule has 2 N–H and O–H groups in total. The first kappa shape index (κ1) is 10.6. The lowest BCUT2D eigenvalue weighted by atomic mass is 10.2. The van der Waals surface area contributed by atoms with Crippen molar-refractivity contribution in [3.05, 3.63) is 64.3 Å². The topological polar surface area (TPSA) is 48.0 Å². The van der Waals surface area contributed by atoms with Crippen molar-refractivity contribution in [1.82, 2.24) is 4.57 Å². The van der Waals surface area contributed by atoms with Gasteiger partial charge in [-0.15, -0.1) is 0 Å². The van der Waals surface area contributed by atoms with Gasteiger partial charge < -0.3 is 5.73 Å². The maximum atomic E-state index is 13.0. The van der Waals surface area contributed by atoms with Crippen LogP contribution in [0.2, 0.25) is 0 Å². The maximum Gasteiger partial charge on any atom is 0.259 e. The number of rotatable bonds is 2. The third kappa shape index (κ3) is 1.87. The maximum absolute atomic E-state index is 13.0. The molecule has 2 rings (SSSR count). The van der Waals surface area contributed by atoms with E-state index in [0.29, 0.717) is 11.3 Å². The highest BCUT2D eigenvalue weighted by Gasteiger charge is 2.03. The van der Waals surface area contributed by atoms with E-state index in [9.17, 15) is 9.18 Å². The summed E-state index contributed by atoms with van der Waals surface area (Å²) < 4.78 is 14.4. The van der Waals surface area contributed by atoms with Crippen molar-refractivity contribution in [3.63, 3.8) is 0 Å². The Bertz CT molecular complexity index is 563. The molecular weight excluding hydrogens is 207 g/mol. The minimum absolute atomic E-state index is 0.176. The largest absolute Gasteiger partial charge is 0.326 e. The standard InChI is InChI=1S/C12H11FN2O/c13-10-4-1-5-11(7-10)15-6-2-3-9(8-14)12(15)16/h1-7H,8,14H2. The van der Waals surface area contributed by atoms with Crippen molar-refractivity contribution in [3.8, 4) is 5.69 Å². The molecule has 0 atom stereocenters. The quantitative estimate of drug-likeness (QED) is 0.829. The normalized spacial score (nSPS) is 10.4. The molecule has 0 radical (unpaired) electrons. The van der Waals surface area contributed by atoms with Gasteiger partial charge in [0, 0.05) is 18.3 Å². The van der Waals surface area contributed by atoms with Crippen molar-refractivity contribution >= 4 is 0 Å². The average molecular weight is 218 g/mol. The molecule has 1 aromatic carbocycles. The van der Waals surface area contributed by atoms with Crippen LogP contribution in [0.15, 0.2) is 47.4 Å². The van der Waals surface area contributed by atoms with E-state index in [1.54, 1.807) is 30.5 Å². The lowest BCUT2D eigenvalue weighted by Crippen LogP contribution is -2.23. The Morgan fingerprint density at radius 3 is 2.75 bits per heavy atom. The summed E-state index contributed by atoms with van der Waals surface area (Å²) in [7, 11) is 0. The van der Waals surface area contributed by atoms with E-state index in [2.05, 4.69) is 0 Å². The Hall–Kier alpha value is -1.94. The van der Waals surface area contributed by atoms with Crippen LogP contribution in [0.1, 0.15) is 5.56 Å². The highest BCUT2D eigenvalue weighted by Crippen LogP contribution is 2.07. The SMILES string of the molecule is NCc1cccn(-c2cccc(F)c2)c1=O. The van der Waals surface area contributed by atoms with E-state index in [0.717, 1.165) is 0 Å². The molecule has 0 bridgehead atoms. The molecule has 1 aromatic heterocycles. The number of nitrogens with two attached hydrogens (primary N) is 1. The molecule has 0 saturated heterocycles. The molecule has 0 spiro atoms. The zero-order valence-corrected chi connectivity index (χ0v) is 8.56. The molecule has 16 heavy (non-hydrogen) atoms. The van der Waals surface area contributed by atoms with Crippen molar-refractivity contribution < 1.29 is 4.39 Å². The number of aromatic nitrogens is 1. The van der Waals surface area contributed by atoms with Crippen LogP contribution in [0.4, 0.5) is 4.39 Å². The third-order valence-electron chi connectivity index (χ3n) is 2.33. The van der Waals surface area contributed by atoms with E-state index in [4.69, 9.17) is 5.73 Å². The lowest BCUT2D eigenvalue weighted by molar-refractivity contribution is 0.626. The van der Waals surface area contributed by atoms with Crippen LogP contribution in [0, 0.1) is 5.82 Å². The first-order chi connectivity index (χ1) is 7.72. The zero-order valence-electron chi connectivity index (χ0n) is 8.56. The van der Waals surface area contributed by atoms with Gasteiger partial charge >= 0.3 is 0 Å². The molecule has 0 amide bonds. The van der Waals surface area contributed by atoms with Crippen LogP contribution in [0.25, 0.3) is 5.69 Å². The summed E-state index contributed by atoms with van der Waals surface area (Å²) in [6, 6.07) is 9.26. The van der Waals surface area contributed by atoms with Crippen LogP contribution in [0.3, 0.4) is 0 Å². The van der Waals surface area contributed by atoms with Gasteiger partial charge in [0.2, 0.25) is 0 Å².